The Balaban J connectivity index is 1.85. The van der Waals surface area contributed by atoms with Crippen molar-refractivity contribution >= 4 is 34.7 Å². The van der Waals surface area contributed by atoms with E-state index in [1.165, 1.54) is 23.0 Å². The third kappa shape index (κ3) is 3.83. The zero-order valence-electron chi connectivity index (χ0n) is 15.2. The van der Waals surface area contributed by atoms with Crippen LogP contribution in [-0.2, 0) is 4.74 Å². The highest BCUT2D eigenvalue weighted by Gasteiger charge is 2.19. The minimum absolute atomic E-state index is 0.0872. The topological polar surface area (TPSA) is 93.4 Å². The largest absolute Gasteiger partial charge is 0.377 e. The maximum Gasteiger partial charge on any atom is 0.323 e. The van der Waals surface area contributed by atoms with E-state index in [2.05, 4.69) is 25.7 Å². The highest BCUT2D eigenvalue weighted by Crippen LogP contribution is 2.33. The van der Waals surface area contributed by atoms with Crippen LogP contribution in [0.5, 0.6) is 0 Å². The summed E-state index contributed by atoms with van der Waals surface area (Å²) in [5.41, 5.74) is 1.93. The summed E-state index contributed by atoms with van der Waals surface area (Å²) in [6, 6.07) is 0.583. The van der Waals surface area contributed by atoms with Crippen molar-refractivity contribution in [1.82, 2.24) is 19.6 Å². The molecule has 0 bridgehead atoms. The third-order valence-corrected chi connectivity index (χ3v) is 4.47. The molecule has 8 nitrogen and oxygen atoms in total. The molecule has 0 fully saturated rings. The van der Waals surface area contributed by atoms with E-state index in [4.69, 9.17) is 16.3 Å². The number of ether oxygens (including phenoxy) is 1. The number of fused-ring (bicyclic) bond motifs is 1. The average Bonchev–Trinajstić information content (AvgIpc) is 2.98. The smallest absolute Gasteiger partial charge is 0.323 e. The summed E-state index contributed by atoms with van der Waals surface area (Å²) in [5.74, 6) is -0.170. The Hall–Kier alpha value is -2.78. The van der Waals surface area contributed by atoms with Crippen LogP contribution < -0.4 is 10.6 Å². The summed E-state index contributed by atoms with van der Waals surface area (Å²) in [6.45, 7) is 5.22. The zero-order valence-corrected chi connectivity index (χ0v) is 15.9. The van der Waals surface area contributed by atoms with Crippen LogP contribution in [0.15, 0.2) is 18.5 Å². The van der Waals surface area contributed by atoms with Gasteiger partial charge in [0.05, 0.1) is 40.6 Å². The second kappa shape index (κ2) is 7.45. The van der Waals surface area contributed by atoms with Crippen molar-refractivity contribution in [3.05, 3.63) is 46.4 Å². The van der Waals surface area contributed by atoms with Gasteiger partial charge in [0, 0.05) is 18.7 Å². The Morgan fingerprint density at radius 3 is 2.81 bits per heavy atom. The quantitative estimate of drug-likeness (QED) is 0.702. The molecule has 142 valence electrons. The van der Waals surface area contributed by atoms with Crippen LogP contribution in [0.4, 0.5) is 20.6 Å². The number of methoxy groups -OCH3 is 1. The van der Waals surface area contributed by atoms with E-state index in [0.29, 0.717) is 27.8 Å². The minimum Gasteiger partial charge on any atom is -0.377 e. The van der Waals surface area contributed by atoms with Gasteiger partial charge in [-0.15, -0.1) is 0 Å². The Morgan fingerprint density at radius 2 is 2.11 bits per heavy atom. The first-order chi connectivity index (χ1) is 12.8. The normalized spacial score (nSPS) is 12.2. The molecule has 3 rings (SSSR count). The summed E-state index contributed by atoms with van der Waals surface area (Å²) in [7, 11) is 1.54. The molecule has 0 aliphatic rings. The zero-order chi connectivity index (χ0) is 19.7. The van der Waals surface area contributed by atoms with Crippen LogP contribution in [-0.4, -0.2) is 32.7 Å². The number of amides is 2. The molecule has 0 aliphatic heterocycles. The molecule has 1 unspecified atom stereocenters. The first-order valence-electron chi connectivity index (χ1n) is 8.08. The van der Waals surface area contributed by atoms with Gasteiger partial charge in [0.1, 0.15) is 5.82 Å². The Morgan fingerprint density at radius 1 is 1.37 bits per heavy atom. The van der Waals surface area contributed by atoms with Crippen molar-refractivity contribution < 1.29 is 13.9 Å². The number of halogens is 2. The van der Waals surface area contributed by atoms with Gasteiger partial charge in [-0.3, -0.25) is 4.98 Å². The van der Waals surface area contributed by atoms with Gasteiger partial charge in [0.15, 0.2) is 11.5 Å². The second-order valence-corrected chi connectivity index (χ2v) is 6.32. The molecular formula is C17H18ClFN6O2. The monoisotopic (exact) mass is 392 g/mol. The molecule has 2 N–H and O–H groups in total. The fourth-order valence-electron chi connectivity index (χ4n) is 2.62. The maximum absolute atomic E-state index is 14.1. The van der Waals surface area contributed by atoms with Crippen molar-refractivity contribution in [3.8, 4) is 0 Å². The van der Waals surface area contributed by atoms with E-state index in [1.54, 1.807) is 27.9 Å². The Labute approximate surface area is 159 Å². The number of rotatable bonds is 4. The summed E-state index contributed by atoms with van der Waals surface area (Å²) in [5, 5.41) is 9.69. The maximum atomic E-state index is 14.1. The molecule has 1 atom stereocenters. The van der Waals surface area contributed by atoms with Gasteiger partial charge in [-0.2, -0.15) is 5.10 Å². The number of nitrogens with zero attached hydrogens (tertiary/aromatic N) is 4. The predicted molar refractivity (Wildman–Crippen MR) is 99.7 cm³/mol. The molecular weight excluding hydrogens is 375 g/mol. The Bertz CT molecular complexity index is 1020. The van der Waals surface area contributed by atoms with Crippen LogP contribution in [0.3, 0.4) is 0 Å². The van der Waals surface area contributed by atoms with Crippen LogP contribution in [0, 0.1) is 19.7 Å². The fourth-order valence-corrected chi connectivity index (χ4v) is 2.93. The van der Waals surface area contributed by atoms with E-state index >= 15 is 0 Å². The molecule has 0 aromatic carbocycles. The van der Waals surface area contributed by atoms with E-state index in [1.807, 2.05) is 0 Å². The number of carbonyl (C=O) groups is 1. The van der Waals surface area contributed by atoms with Crippen LogP contribution in [0.25, 0.3) is 5.65 Å². The molecule has 0 saturated heterocycles. The van der Waals surface area contributed by atoms with Crippen LogP contribution >= 0.6 is 11.6 Å². The highest BCUT2D eigenvalue weighted by atomic mass is 35.5. The van der Waals surface area contributed by atoms with Gasteiger partial charge < -0.3 is 15.4 Å². The van der Waals surface area contributed by atoms with Crippen LogP contribution in [0.1, 0.15) is 30.1 Å². The first kappa shape index (κ1) is 19.0. The molecule has 3 aromatic rings. The lowest BCUT2D eigenvalue weighted by Crippen LogP contribution is -2.21. The molecule has 27 heavy (non-hydrogen) atoms. The van der Waals surface area contributed by atoms with Gasteiger partial charge >= 0.3 is 6.03 Å². The van der Waals surface area contributed by atoms with Gasteiger partial charge in [0.2, 0.25) is 0 Å². The lowest BCUT2D eigenvalue weighted by atomic mass is 10.1. The fraction of sp³-hybridized carbons (Fsp3) is 0.294. The van der Waals surface area contributed by atoms with Crippen molar-refractivity contribution in [2.24, 2.45) is 0 Å². The molecule has 0 spiro atoms. The molecule has 0 saturated carbocycles. The second-order valence-electron chi connectivity index (χ2n) is 5.95. The number of aromatic nitrogens is 4. The summed E-state index contributed by atoms with van der Waals surface area (Å²) >= 11 is 6.32. The lowest BCUT2D eigenvalue weighted by molar-refractivity contribution is 0.120. The van der Waals surface area contributed by atoms with Crippen molar-refractivity contribution in [2.75, 3.05) is 17.7 Å². The SMILES string of the molecule is COC(C)c1c(NC(=O)Nc2cc(F)c3nc(C)nn3c2)cnc(C)c1Cl. The van der Waals surface area contributed by atoms with E-state index in [-0.39, 0.29) is 17.4 Å². The van der Waals surface area contributed by atoms with E-state index in [9.17, 15) is 9.18 Å². The number of carbonyl (C=O) groups excluding carboxylic acids is 1. The highest BCUT2D eigenvalue weighted by molar-refractivity contribution is 6.32. The summed E-state index contributed by atoms with van der Waals surface area (Å²) in [4.78, 5) is 20.5. The van der Waals surface area contributed by atoms with Gasteiger partial charge in [0.25, 0.3) is 0 Å². The Kier molecular flexibility index (Phi) is 5.24. The lowest BCUT2D eigenvalue weighted by Gasteiger charge is -2.18. The summed E-state index contributed by atoms with van der Waals surface area (Å²) in [6.07, 6.45) is 2.61. The van der Waals surface area contributed by atoms with Gasteiger partial charge in [-0.25, -0.2) is 18.7 Å². The van der Waals surface area contributed by atoms with Gasteiger partial charge in [-0.05, 0) is 20.8 Å². The van der Waals surface area contributed by atoms with E-state index in [0.717, 1.165) is 0 Å². The van der Waals surface area contributed by atoms with Crippen molar-refractivity contribution in [2.45, 2.75) is 26.9 Å². The molecule has 3 heterocycles. The average molecular weight is 393 g/mol. The molecule has 0 aliphatic carbocycles. The summed E-state index contributed by atoms with van der Waals surface area (Å²) < 4.78 is 20.7. The molecule has 0 radical (unpaired) electrons. The number of aryl methyl sites for hydroxylation is 2. The number of hydrogen-bond donors (Lipinski definition) is 2. The van der Waals surface area contributed by atoms with E-state index < -0.39 is 11.8 Å². The number of anilines is 2. The minimum atomic E-state index is -0.595. The molecule has 2 amide bonds. The number of nitrogens with one attached hydrogen (secondary N) is 2. The molecule has 10 heteroatoms. The number of urea groups is 1. The van der Waals surface area contributed by atoms with Crippen molar-refractivity contribution in [1.29, 1.82) is 0 Å². The van der Waals surface area contributed by atoms with Crippen molar-refractivity contribution in [3.63, 3.8) is 0 Å². The first-order valence-corrected chi connectivity index (χ1v) is 8.46. The van der Waals surface area contributed by atoms with Crippen LogP contribution in [0.2, 0.25) is 5.02 Å². The van der Waals surface area contributed by atoms with Gasteiger partial charge in [-0.1, -0.05) is 11.6 Å². The number of hydrogen-bond acceptors (Lipinski definition) is 5. The third-order valence-electron chi connectivity index (χ3n) is 3.99. The molecule has 3 aromatic heterocycles. The predicted octanol–water partition coefficient (Wildman–Crippen LogP) is 3.89. The number of pyridine rings is 2. The standard InChI is InChI=1S/C17H18ClFN6O2/c1-8-15(18)14(9(2)27-4)13(6-20-8)23-17(26)22-11-5-12(19)16-21-10(3)24-25(16)7-11/h5-7,9H,1-4H3,(H2,22,23,26).